The van der Waals surface area contributed by atoms with Crippen molar-refractivity contribution in [1.29, 1.82) is 0 Å². The summed E-state index contributed by atoms with van der Waals surface area (Å²) in [5, 5.41) is 12.9. The number of aliphatic hydroxyl groups excluding tert-OH is 1. The average molecular weight is 312 g/mol. The molecule has 1 saturated carbocycles. The maximum absolute atomic E-state index is 12.0. The third kappa shape index (κ3) is 3.98. The number of amides is 1. The van der Waals surface area contributed by atoms with E-state index in [1.165, 1.54) is 6.42 Å². The summed E-state index contributed by atoms with van der Waals surface area (Å²) in [7, 11) is 2.03. The van der Waals surface area contributed by atoms with Gasteiger partial charge in [-0.25, -0.2) is 0 Å². The number of nitrogens with one attached hydrogen (secondary N) is 1. The number of carbonyl (C=O) groups excluding carboxylic acids is 1. The number of hydrogen-bond acceptors (Lipinski definition) is 5. The van der Waals surface area contributed by atoms with Gasteiger partial charge in [0.1, 0.15) is 0 Å². The molecular weight excluding hydrogens is 284 g/mol. The van der Waals surface area contributed by atoms with E-state index in [0.717, 1.165) is 25.7 Å². The summed E-state index contributed by atoms with van der Waals surface area (Å²) >= 11 is 0. The molecule has 3 rings (SSSR count). The van der Waals surface area contributed by atoms with Crippen LogP contribution in [-0.4, -0.2) is 73.1 Å². The van der Waals surface area contributed by atoms with Gasteiger partial charge in [-0.3, -0.25) is 9.69 Å². The van der Waals surface area contributed by atoms with Crippen molar-refractivity contribution in [3.8, 4) is 0 Å². The Bertz CT molecular complexity index is 388. The fourth-order valence-corrected chi connectivity index (χ4v) is 3.64. The summed E-state index contributed by atoms with van der Waals surface area (Å²) in [6, 6.07) is 0.655. The van der Waals surface area contributed by atoms with Crippen molar-refractivity contribution in [1.82, 2.24) is 10.2 Å². The summed E-state index contributed by atoms with van der Waals surface area (Å²) in [6.07, 6.45) is 5.33. The molecular formula is C16H28N2O4. The van der Waals surface area contributed by atoms with Gasteiger partial charge < -0.3 is 19.9 Å². The molecule has 2 heterocycles. The highest BCUT2D eigenvalue weighted by molar-refractivity contribution is 5.76. The highest BCUT2D eigenvalue weighted by Crippen LogP contribution is 2.27. The predicted octanol–water partition coefficient (Wildman–Crippen LogP) is 0.284. The first-order chi connectivity index (χ1) is 10.6. The molecule has 0 aromatic heterocycles. The van der Waals surface area contributed by atoms with Crippen LogP contribution >= 0.6 is 0 Å². The van der Waals surface area contributed by atoms with Crippen LogP contribution in [0.5, 0.6) is 0 Å². The lowest BCUT2D eigenvalue weighted by molar-refractivity contribution is -0.153. The molecule has 0 bridgehead atoms. The van der Waals surface area contributed by atoms with Crippen molar-refractivity contribution in [3.63, 3.8) is 0 Å². The van der Waals surface area contributed by atoms with E-state index in [4.69, 9.17) is 9.47 Å². The number of likely N-dealkylation sites (N-methyl/N-ethyl adjacent to an activating group) is 1. The molecule has 0 aromatic rings. The molecule has 3 fully saturated rings. The molecule has 0 spiro atoms. The summed E-state index contributed by atoms with van der Waals surface area (Å²) in [5.41, 5.74) is 0. The van der Waals surface area contributed by atoms with Crippen molar-refractivity contribution in [3.05, 3.63) is 0 Å². The maximum Gasteiger partial charge on any atom is 0.222 e. The SMILES string of the molecule is CN1C[C@H](O)COC[C@@H]2O[C@H](CC(=O)NC3CCC3)CC[C@H]21. The fraction of sp³-hybridized carbons (Fsp3) is 0.938. The van der Waals surface area contributed by atoms with E-state index in [2.05, 4.69) is 10.2 Å². The van der Waals surface area contributed by atoms with Gasteiger partial charge in [-0.2, -0.15) is 0 Å². The first-order valence-corrected chi connectivity index (χ1v) is 8.52. The molecule has 22 heavy (non-hydrogen) atoms. The van der Waals surface area contributed by atoms with Crippen molar-refractivity contribution in [2.24, 2.45) is 0 Å². The zero-order chi connectivity index (χ0) is 15.5. The first kappa shape index (κ1) is 16.2. The third-order valence-electron chi connectivity index (χ3n) is 5.12. The Morgan fingerprint density at radius 1 is 1.27 bits per heavy atom. The van der Waals surface area contributed by atoms with Crippen LogP contribution in [0.2, 0.25) is 0 Å². The van der Waals surface area contributed by atoms with Crippen molar-refractivity contribution in [2.75, 3.05) is 26.8 Å². The van der Waals surface area contributed by atoms with E-state index < -0.39 is 6.10 Å². The average Bonchev–Trinajstić information content (AvgIpc) is 2.41. The van der Waals surface area contributed by atoms with Crippen LogP contribution in [-0.2, 0) is 14.3 Å². The molecule has 6 nitrogen and oxygen atoms in total. The van der Waals surface area contributed by atoms with Crippen LogP contribution in [0.1, 0.15) is 38.5 Å². The number of rotatable bonds is 3. The van der Waals surface area contributed by atoms with Gasteiger partial charge in [0.15, 0.2) is 0 Å². The Kier molecular flexibility index (Phi) is 5.33. The zero-order valence-corrected chi connectivity index (χ0v) is 13.4. The monoisotopic (exact) mass is 312 g/mol. The second-order valence-corrected chi connectivity index (χ2v) is 6.97. The highest BCUT2D eigenvalue weighted by atomic mass is 16.5. The lowest BCUT2D eigenvalue weighted by Gasteiger charge is -2.43. The lowest BCUT2D eigenvalue weighted by atomic mass is 9.92. The predicted molar refractivity (Wildman–Crippen MR) is 81.5 cm³/mol. The largest absolute Gasteiger partial charge is 0.389 e. The molecule has 1 amide bonds. The number of ether oxygens (including phenoxy) is 2. The van der Waals surface area contributed by atoms with E-state index in [0.29, 0.717) is 32.2 Å². The molecule has 4 atom stereocenters. The number of β-amino-alcohol motifs (C(OH)–C–C–N with tert-alkyl or cyclic N) is 1. The summed E-state index contributed by atoms with van der Waals surface area (Å²) in [4.78, 5) is 14.2. The Labute approximate surface area is 132 Å². The molecule has 0 unspecified atom stereocenters. The Hall–Kier alpha value is -0.690. The van der Waals surface area contributed by atoms with Gasteiger partial charge >= 0.3 is 0 Å². The Morgan fingerprint density at radius 2 is 2.09 bits per heavy atom. The van der Waals surface area contributed by atoms with E-state index in [1.54, 1.807) is 0 Å². The molecule has 0 radical (unpaired) electrons. The normalized spacial score (nSPS) is 37.5. The van der Waals surface area contributed by atoms with Crippen LogP contribution in [0.4, 0.5) is 0 Å². The van der Waals surface area contributed by atoms with Crippen molar-refractivity contribution >= 4 is 5.91 Å². The summed E-state index contributed by atoms with van der Waals surface area (Å²) in [6.45, 7) is 1.45. The first-order valence-electron chi connectivity index (χ1n) is 8.52. The number of fused-ring (bicyclic) bond motifs is 1. The van der Waals surface area contributed by atoms with E-state index in [-0.39, 0.29) is 24.2 Å². The zero-order valence-electron chi connectivity index (χ0n) is 13.4. The van der Waals surface area contributed by atoms with Gasteiger partial charge in [-0.15, -0.1) is 0 Å². The molecule has 2 N–H and O–H groups in total. The van der Waals surface area contributed by atoms with Crippen LogP contribution in [0.25, 0.3) is 0 Å². The number of hydrogen-bond donors (Lipinski definition) is 2. The molecule has 6 heteroatoms. The number of carbonyl (C=O) groups is 1. The standard InChI is InChI=1S/C16H28N2O4/c1-18-8-12(19)9-21-10-15-14(18)6-5-13(22-15)7-16(20)17-11-3-2-4-11/h11-15,19H,2-10H2,1H3,(H,17,20)/t12-,13-,14+,15-/m0/s1. The quantitative estimate of drug-likeness (QED) is 0.783. The second-order valence-electron chi connectivity index (χ2n) is 6.97. The van der Waals surface area contributed by atoms with Crippen LogP contribution in [0, 0.1) is 0 Å². The fourth-order valence-electron chi connectivity index (χ4n) is 3.64. The van der Waals surface area contributed by atoms with Crippen LogP contribution in [0.15, 0.2) is 0 Å². The van der Waals surface area contributed by atoms with Gasteiger partial charge in [-0.1, -0.05) is 0 Å². The summed E-state index contributed by atoms with van der Waals surface area (Å²) in [5.74, 6) is 0.115. The summed E-state index contributed by atoms with van der Waals surface area (Å²) < 4.78 is 11.7. The minimum absolute atomic E-state index is 0.00671. The highest BCUT2D eigenvalue weighted by Gasteiger charge is 2.36. The Morgan fingerprint density at radius 3 is 2.82 bits per heavy atom. The third-order valence-corrected chi connectivity index (χ3v) is 5.12. The van der Waals surface area contributed by atoms with Gasteiger partial charge in [-0.05, 0) is 39.2 Å². The molecule has 3 aliphatic rings. The lowest BCUT2D eigenvalue weighted by Crippen LogP contribution is -2.54. The molecule has 126 valence electrons. The van der Waals surface area contributed by atoms with Gasteiger partial charge in [0, 0.05) is 18.6 Å². The second kappa shape index (κ2) is 7.25. The topological polar surface area (TPSA) is 71.0 Å². The van der Waals surface area contributed by atoms with Crippen molar-refractivity contribution < 1.29 is 19.4 Å². The number of aliphatic hydroxyl groups is 1. The molecule has 1 aliphatic carbocycles. The van der Waals surface area contributed by atoms with Gasteiger partial charge in [0.05, 0.1) is 37.9 Å². The maximum atomic E-state index is 12.0. The van der Waals surface area contributed by atoms with Crippen LogP contribution in [0.3, 0.4) is 0 Å². The van der Waals surface area contributed by atoms with E-state index in [1.807, 2.05) is 7.05 Å². The smallest absolute Gasteiger partial charge is 0.222 e. The molecule has 2 aliphatic heterocycles. The minimum atomic E-state index is -0.433. The van der Waals surface area contributed by atoms with E-state index >= 15 is 0 Å². The van der Waals surface area contributed by atoms with Crippen molar-refractivity contribution in [2.45, 2.75) is 68.9 Å². The van der Waals surface area contributed by atoms with Gasteiger partial charge in [0.25, 0.3) is 0 Å². The van der Waals surface area contributed by atoms with E-state index in [9.17, 15) is 9.90 Å². The van der Waals surface area contributed by atoms with Gasteiger partial charge in [0.2, 0.25) is 5.91 Å². The Balaban J connectivity index is 1.49. The minimum Gasteiger partial charge on any atom is -0.389 e. The molecule has 2 saturated heterocycles. The molecule has 0 aromatic carbocycles. The number of nitrogens with zero attached hydrogens (tertiary/aromatic N) is 1. The van der Waals surface area contributed by atoms with Crippen LogP contribution < -0.4 is 5.32 Å².